The highest BCUT2D eigenvalue weighted by atomic mass is 32.1. The Morgan fingerprint density at radius 2 is 1.57 bits per heavy atom. The average molecular weight is 415 g/mol. The summed E-state index contributed by atoms with van der Waals surface area (Å²) < 4.78 is 0. The highest BCUT2D eigenvalue weighted by Crippen LogP contribution is 2.27. The number of pyridine rings is 1. The van der Waals surface area contributed by atoms with E-state index in [-0.39, 0.29) is 11.9 Å². The largest absolute Gasteiger partial charge is 0.338 e. The van der Waals surface area contributed by atoms with Crippen molar-refractivity contribution in [2.24, 2.45) is 0 Å². The first-order valence-corrected chi connectivity index (χ1v) is 10.7. The molecule has 2 heterocycles. The van der Waals surface area contributed by atoms with Crippen LogP contribution in [-0.2, 0) is 0 Å². The Labute approximate surface area is 179 Å². The maximum absolute atomic E-state index is 12.3. The molecule has 1 unspecified atom stereocenters. The van der Waals surface area contributed by atoms with Gasteiger partial charge in [0, 0.05) is 35.8 Å². The molecule has 6 heteroatoms. The van der Waals surface area contributed by atoms with Gasteiger partial charge in [-0.3, -0.25) is 10.3 Å². The van der Waals surface area contributed by atoms with Crippen LogP contribution in [-0.4, -0.2) is 22.5 Å². The van der Waals surface area contributed by atoms with Gasteiger partial charge in [0.2, 0.25) is 0 Å². The second-order valence-electron chi connectivity index (χ2n) is 6.82. The number of nitrogens with one attached hydrogen (secondary N) is 2. The molecule has 0 aliphatic rings. The van der Waals surface area contributed by atoms with Crippen LogP contribution in [0, 0.1) is 0 Å². The Morgan fingerprint density at radius 3 is 2.30 bits per heavy atom. The van der Waals surface area contributed by atoms with E-state index in [4.69, 9.17) is 0 Å². The summed E-state index contributed by atoms with van der Waals surface area (Å²) in [6.07, 6.45) is 4.39. The first kappa shape index (κ1) is 19.8. The Balaban J connectivity index is 1.35. The van der Waals surface area contributed by atoms with Gasteiger partial charge in [-0.05, 0) is 29.7 Å². The van der Waals surface area contributed by atoms with E-state index in [0.29, 0.717) is 11.7 Å². The third-order valence-corrected chi connectivity index (χ3v) is 5.58. The first-order valence-electron chi connectivity index (χ1n) is 9.80. The molecular formula is C24H22N4OS. The molecule has 0 radical (unpaired) electrons. The molecule has 0 spiro atoms. The van der Waals surface area contributed by atoms with Crippen LogP contribution in [0.4, 0.5) is 9.93 Å². The molecule has 150 valence electrons. The van der Waals surface area contributed by atoms with E-state index >= 15 is 0 Å². The molecule has 0 bridgehead atoms. The monoisotopic (exact) mass is 414 g/mol. The number of rotatable bonds is 7. The summed E-state index contributed by atoms with van der Waals surface area (Å²) in [5.41, 5.74) is 4.30. The van der Waals surface area contributed by atoms with E-state index in [0.717, 1.165) is 17.7 Å². The molecule has 4 aromatic rings. The van der Waals surface area contributed by atoms with E-state index in [2.05, 4.69) is 32.7 Å². The standard InChI is InChI=1S/C24H22N4OS/c29-23(28-24-27-22(17-30-24)20-9-5-2-6-10-20)26-16-13-21(18-7-3-1-4-8-18)19-11-14-25-15-12-19/h1-12,14-15,17,21H,13,16H2,(H2,26,27,28,29). The maximum atomic E-state index is 12.3. The summed E-state index contributed by atoms with van der Waals surface area (Å²) in [5.74, 6) is 0.194. The predicted octanol–water partition coefficient (Wildman–Crippen LogP) is 5.55. The second kappa shape index (κ2) is 9.80. The number of amides is 2. The Morgan fingerprint density at radius 1 is 0.900 bits per heavy atom. The van der Waals surface area contributed by atoms with E-state index in [1.54, 1.807) is 12.4 Å². The van der Waals surface area contributed by atoms with Crippen LogP contribution in [0.15, 0.2) is 90.6 Å². The van der Waals surface area contributed by atoms with Crippen molar-refractivity contribution in [3.8, 4) is 11.3 Å². The van der Waals surface area contributed by atoms with Gasteiger partial charge in [-0.25, -0.2) is 9.78 Å². The average Bonchev–Trinajstić information content (AvgIpc) is 3.27. The van der Waals surface area contributed by atoms with Gasteiger partial charge in [0.1, 0.15) is 0 Å². The smallest absolute Gasteiger partial charge is 0.321 e. The summed E-state index contributed by atoms with van der Waals surface area (Å²) in [7, 11) is 0. The van der Waals surface area contributed by atoms with Gasteiger partial charge in [-0.15, -0.1) is 11.3 Å². The van der Waals surface area contributed by atoms with Crippen LogP contribution in [0.5, 0.6) is 0 Å². The fourth-order valence-corrected chi connectivity index (χ4v) is 4.07. The molecule has 1 atom stereocenters. The molecular weight excluding hydrogens is 392 g/mol. The van der Waals surface area contributed by atoms with Crippen LogP contribution >= 0.6 is 11.3 Å². The van der Waals surface area contributed by atoms with E-state index in [9.17, 15) is 4.79 Å². The van der Waals surface area contributed by atoms with Crippen molar-refractivity contribution in [3.63, 3.8) is 0 Å². The number of hydrogen-bond donors (Lipinski definition) is 2. The lowest BCUT2D eigenvalue weighted by Gasteiger charge is -2.18. The number of carbonyl (C=O) groups excluding carboxylic acids is 1. The number of carbonyl (C=O) groups is 1. The molecule has 0 saturated carbocycles. The van der Waals surface area contributed by atoms with Crippen molar-refractivity contribution >= 4 is 22.5 Å². The quantitative estimate of drug-likeness (QED) is 0.417. The van der Waals surface area contributed by atoms with E-state index in [1.807, 2.05) is 66.0 Å². The highest BCUT2D eigenvalue weighted by molar-refractivity contribution is 7.14. The lowest BCUT2D eigenvalue weighted by Crippen LogP contribution is -2.30. The zero-order valence-electron chi connectivity index (χ0n) is 16.4. The minimum Gasteiger partial charge on any atom is -0.338 e. The summed E-state index contributed by atoms with van der Waals surface area (Å²) in [6, 6.07) is 24.0. The van der Waals surface area contributed by atoms with Crippen molar-refractivity contribution in [1.29, 1.82) is 0 Å². The normalized spacial score (nSPS) is 11.6. The second-order valence-corrected chi connectivity index (χ2v) is 7.68. The number of anilines is 1. The first-order chi connectivity index (χ1) is 14.8. The van der Waals surface area contributed by atoms with Gasteiger partial charge in [-0.2, -0.15) is 0 Å². The summed E-state index contributed by atoms with van der Waals surface area (Å²) in [6.45, 7) is 0.546. The Kier molecular flexibility index (Phi) is 6.47. The van der Waals surface area contributed by atoms with Crippen molar-refractivity contribution in [1.82, 2.24) is 15.3 Å². The molecule has 0 aliphatic heterocycles. The van der Waals surface area contributed by atoms with Gasteiger partial charge in [0.05, 0.1) is 5.69 Å². The molecule has 0 saturated heterocycles. The van der Waals surface area contributed by atoms with Crippen molar-refractivity contribution in [3.05, 3.63) is 102 Å². The number of aromatic nitrogens is 2. The number of urea groups is 1. The number of benzene rings is 2. The van der Waals surface area contributed by atoms with Gasteiger partial charge < -0.3 is 5.32 Å². The van der Waals surface area contributed by atoms with Crippen LogP contribution in [0.3, 0.4) is 0 Å². The number of thiazole rings is 1. The van der Waals surface area contributed by atoms with Gasteiger partial charge in [-0.1, -0.05) is 60.7 Å². The summed E-state index contributed by atoms with van der Waals surface area (Å²) in [5, 5.41) is 8.31. The van der Waals surface area contributed by atoms with E-state index < -0.39 is 0 Å². The molecule has 0 fully saturated rings. The summed E-state index contributed by atoms with van der Waals surface area (Å²) >= 11 is 1.42. The zero-order valence-corrected chi connectivity index (χ0v) is 17.2. The number of hydrogen-bond acceptors (Lipinski definition) is 4. The SMILES string of the molecule is O=C(NCCC(c1ccccc1)c1ccncc1)Nc1nc(-c2ccccc2)cs1. The van der Waals surface area contributed by atoms with Crippen molar-refractivity contribution in [2.75, 3.05) is 11.9 Å². The van der Waals surface area contributed by atoms with Crippen LogP contribution in [0.1, 0.15) is 23.5 Å². The van der Waals surface area contributed by atoms with Crippen molar-refractivity contribution < 1.29 is 4.79 Å². The van der Waals surface area contributed by atoms with Crippen molar-refractivity contribution in [2.45, 2.75) is 12.3 Å². The van der Waals surface area contributed by atoms with Crippen LogP contribution < -0.4 is 10.6 Å². The Bertz CT molecular complexity index is 1030. The molecule has 2 aromatic heterocycles. The summed E-state index contributed by atoms with van der Waals surface area (Å²) in [4.78, 5) is 21.0. The highest BCUT2D eigenvalue weighted by Gasteiger charge is 2.14. The zero-order chi connectivity index (χ0) is 20.6. The molecule has 2 N–H and O–H groups in total. The fourth-order valence-electron chi connectivity index (χ4n) is 3.35. The predicted molar refractivity (Wildman–Crippen MR) is 122 cm³/mol. The van der Waals surface area contributed by atoms with Crippen LogP contribution in [0.2, 0.25) is 0 Å². The molecule has 2 aromatic carbocycles. The molecule has 4 rings (SSSR count). The molecule has 5 nitrogen and oxygen atoms in total. The lowest BCUT2D eigenvalue weighted by atomic mass is 9.89. The minimum absolute atomic E-state index is 0.194. The molecule has 0 aliphatic carbocycles. The van der Waals surface area contributed by atoms with Gasteiger partial charge in [0.15, 0.2) is 5.13 Å². The van der Waals surface area contributed by atoms with Crippen LogP contribution in [0.25, 0.3) is 11.3 Å². The van der Waals surface area contributed by atoms with E-state index in [1.165, 1.54) is 22.5 Å². The lowest BCUT2D eigenvalue weighted by molar-refractivity contribution is 0.252. The fraction of sp³-hybridized carbons (Fsp3) is 0.125. The number of nitrogens with zero attached hydrogens (tertiary/aromatic N) is 2. The maximum Gasteiger partial charge on any atom is 0.321 e. The molecule has 2 amide bonds. The Hall–Kier alpha value is -3.51. The molecule has 30 heavy (non-hydrogen) atoms. The van der Waals surface area contributed by atoms with Gasteiger partial charge >= 0.3 is 6.03 Å². The third kappa shape index (κ3) is 5.10. The topological polar surface area (TPSA) is 66.9 Å². The third-order valence-electron chi connectivity index (χ3n) is 4.82. The van der Waals surface area contributed by atoms with Gasteiger partial charge in [0.25, 0.3) is 0 Å². The minimum atomic E-state index is -0.245.